The number of nitrogens with one attached hydrogen (secondary N) is 1. The molecule has 0 aromatic heterocycles. The smallest absolute Gasteiger partial charge is 0.105 e. The normalized spacial score (nSPS) is 29.1. The summed E-state index contributed by atoms with van der Waals surface area (Å²) in [6.45, 7) is 7.22. The van der Waals surface area contributed by atoms with Crippen LogP contribution in [0, 0.1) is 17.8 Å². The highest BCUT2D eigenvalue weighted by molar-refractivity contribution is 5.87. The van der Waals surface area contributed by atoms with Crippen LogP contribution in [0.5, 0.6) is 0 Å². The highest BCUT2D eigenvalue weighted by Gasteiger charge is 2.38. The van der Waals surface area contributed by atoms with Crippen LogP contribution in [0.15, 0.2) is 29.3 Å². The van der Waals surface area contributed by atoms with Gasteiger partial charge < -0.3 is 20.9 Å². The summed E-state index contributed by atoms with van der Waals surface area (Å²) in [5.74, 6) is 3.62. The number of fused-ring (bicyclic) bond motifs is 1. The Morgan fingerprint density at radius 1 is 0.906 bits per heavy atom. The zero-order valence-electron chi connectivity index (χ0n) is 19.9. The number of nitrogens with zero attached hydrogens (tertiary/aromatic N) is 3. The number of para-hydroxylation sites is 2. The van der Waals surface area contributed by atoms with Gasteiger partial charge in [-0.3, -0.25) is 0 Å². The molecular weight excluding hydrogens is 394 g/mol. The van der Waals surface area contributed by atoms with Gasteiger partial charge in [0.25, 0.3) is 0 Å². The highest BCUT2D eigenvalue weighted by Crippen LogP contribution is 2.33. The van der Waals surface area contributed by atoms with Gasteiger partial charge >= 0.3 is 0 Å². The predicted octanol–water partition coefficient (Wildman–Crippen LogP) is 4.67. The molecular formula is C27H43N5. The highest BCUT2D eigenvalue weighted by atomic mass is 15.2. The average molecular weight is 438 g/mol. The molecule has 32 heavy (non-hydrogen) atoms. The molecule has 5 heteroatoms. The Hall–Kier alpha value is -1.59. The van der Waals surface area contributed by atoms with Crippen LogP contribution in [-0.4, -0.2) is 60.9 Å². The molecule has 3 heterocycles. The number of hydrogen-bond donors (Lipinski definition) is 2. The van der Waals surface area contributed by atoms with E-state index in [-0.39, 0.29) is 0 Å². The first-order valence-electron chi connectivity index (χ1n) is 13.4. The number of nitrogen functional groups attached to an aromatic ring is 1. The zero-order valence-corrected chi connectivity index (χ0v) is 19.9. The van der Waals surface area contributed by atoms with Crippen molar-refractivity contribution >= 4 is 17.2 Å². The lowest BCUT2D eigenvalue weighted by Crippen LogP contribution is -2.43. The van der Waals surface area contributed by atoms with Crippen LogP contribution >= 0.6 is 0 Å². The van der Waals surface area contributed by atoms with Gasteiger partial charge in [0.1, 0.15) is 5.84 Å². The van der Waals surface area contributed by atoms with Gasteiger partial charge in [-0.2, -0.15) is 0 Å². The maximum Gasteiger partial charge on any atom is 0.105 e. The third-order valence-electron chi connectivity index (χ3n) is 8.65. The average Bonchev–Trinajstić information content (AvgIpc) is 3.38. The lowest BCUT2D eigenvalue weighted by molar-refractivity contribution is 0.114. The van der Waals surface area contributed by atoms with Gasteiger partial charge in [-0.15, -0.1) is 0 Å². The molecule has 1 saturated carbocycles. The van der Waals surface area contributed by atoms with E-state index in [2.05, 4.69) is 27.2 Å². The molecule has 0 amide bonds. The molecule has 0 radical (unpaired) electrons. The summed E-state index contributed by atoms with van der Waals surface area (Å²) in [7, 11) is 0. The van der Waals surface area contributed by atoms with Crippen LogP contribution in [0.25, 0.3) is 0 Å². The maximum atomic E-state index is 6.27. The minimum Gasteiger partial charge on any atom is -0.397 e. The summed E-state index contributed by atoms with van der Waals surface area (Å²) >= 11 is 0. The Kier molecular flexibility index (Phi) is 7.33. The third-order valence-corrected chi connectivity index (χ3v) is 8.65. The van der Waals surface area contributed by atoms with Crippen molar-refractivity contribution in [3.8, 4) is 0 Å². The molecule has 0 bridgehead atoms. The quantitative estimate of drug-likeness (QED) is 0.408. The SMILES string of the molecule is Nc1ccccc1N=C(CC1CCN(C2CCCCCCC2)CC1)N1CC2CNCC2C1. The van der Waals surface area contributed by atoms with Crippen LogP contribution in [0.4, 0.5) is 11.4 Å². The largest absolute Gasteiger partial charge is 0.397 e. The molecule has 4 fully saturated rings. The minimum absolute atomic E-state index is 0.752. The van der Waals surface area contributed by atoms with Gasteiger partial charge in [-0.05, 0) is 68.7 Å². The Bertz CT molecular complexity index is 749. The van der Waals surface area contributed by atoms with Crippen LogP contribution in [0.2, 0.25) is 0 Å². The van der Waals surface area contributed by atoms with E-state index in [1.54, 1.807) is 0 Å². The van der Waals surface area contributed by atoms with Crippen LogP contribution in [0.3, 0.4) is 0 Å². The summed E-state index contributed by atoms with van der Waals surface area (Å²) < 4.78 is 0. The number of amidine groups is 1. The second-order valence-electron chi connectivity index (χ2n) is 10.9. The zero-order chi connectivity index (χ0) is 21.8. The summed E-state index contributed by atoms with van der Waals surface area (Å²) in [6.07, 6.45) is 13.8. The minimum atomic E-state index is 0.752. The molecule has 1 aromatic rings. The summed E-state index contributed by atoms with van der Waals surface area (Å²) in [5.41, 5.74) is 8.02. The van der Waals surface area contributed by atoms with E-state index in [9.17, 15) is 0 Å². The van der Waals surface area contributed by atoms with Gasteiger partial charge in [0.2, 0.25) is 0 Å². The first kappa shape index (κ1) is 22.2. The summed E-state index contributed by atoms with van der Waals surface area (Å²) in [5, 5.41) is 3.58. The van der Waals surface area contributed by atoms with Crippen molar-refractivity contribution in [1.29, 1.82) is 0 Å². The van der Waals surface area contributed by atoms with Gasteiger partial charge in [-0.1, -0.05) is 44.2 Å². The van der Waals surface area contributed by atoms with Crippen molar-refractivity contribution in [2.45, 2.75) is 70.3 Å². The number of hydrogen-bond acceptors (Lipinski definition) is 4. The molecule has 3 N–H and O–H groups in total. The number of benzene rings is 1. The molecule has 1 aromatic carbocycles. The van der Waals surface area contributed by atoms with Gasteiger partial charge in [0.15, 0.2) is 0 Å². The van der Waals surface area contributed by atoms with E-state index < -0.39 is 0 Å². The van der Waals surface area contributed by atoms with Crippen LogP contribution < -0.4 is 11.1 Å². The van der Waals surface area contributed by atoms with Gasteiger partial charge in [-0.25, -0.2) is 4.99 Å². The summed E-state index contributed by atoms with van der Waals surface area (Å²) in [4.78, 5) is 10.6. The fourth-order valence-corrected chi connectivity index (χ4v) is 6.62. The molecule has 3 aliphatic heterocycles. The molecule has 0 spiro atoms. The molecule has 5 nitrogen and oxygen atoms in total. The first-order valence-corrected chi connectivity index (χ1v) is 13.4. The Morgan fingerprint density at radius 2 is 1.56 bits per heavy atom. The number of likely N-dealkylation sites (tertiary alicyclic amines) is 2. The van der Waals surface area contributed by atoms with Crippen LogP contribution in [-0.2, 0) is 0 Å². The molecule has 2 atom stereocenters. The molecule has 2 unspecified atom stereocenters. The summed E-state index contributed by atoms with van der Waals surface area (Å²) in [6, 6.07) is 8.96. The number of nitrogens with two attached hydrogens (primary N) is 1. The van der Waals surface area contributed by atoms with E-state index in [4.69, 9.17) is 10.7 Å². The van der Waals surface area contributed by atoms with Crippen molar-refractivity contribution in [3.63, 3.8) is 0 Å². The van der Waals surface area contributed by atoms with E-state index >= 15 is 0 Å². The van der Waals surface area contributed by atoms with Crippen molar-refractivity contribution in [2.75, 3.05) is 45.0 Å². The lowest BCUT2D eigenvalue weighted by Gasteiger charge is -2.39. The van der Waals surface area contributed by atoms with E-state index in [1.165, 1.54) is 89.8 Å². The van der Waals surface area contributed by atoms with E-state index in [0.29, 0.717) is 0 Å². The second kappa shape index (κ2) is 10.6. The fourth-order valence-electron chi connectivity index (χ4n) is 6.62. The maximum absolute atomic E-state index is 6.27. The fraction of sp³-hybridized carbons (Fsp3) is 0.741. The molecule has 4 aliphatic rings. The van der Waals surface area contributed by atoms with Crippen molar-refractivity contribution in [2.24, 2.45) is 22.7 Å². The third kappa shape index (κ3) is 5.31. The Labute approximate surface area is 194 Å². The van der Waals surface area contributed by atoms with E-state index in [1.807, 2.05) is 12.1 Å². The van der Waals surface area contributed by atoms with Gasteiger partial charge in [0, 0.05) is 38.6 Å². The van der Waals surface area contributed by atoms with Crippen molar-refractivity contribution in [3.05, 3.63) is 24.3 Å². The second-order valence-corrected chi connectivity index (χ2v) is 10.9. The number of rotatable bonds is 4. The van der Waals surface area contributed by atoms with Crippen molar-refractivity contribution < 1.29 is 0 Å². The molecule has 3 saturated heterocycles. The number of anilines is 1. The molecule has 5 rings (SSSR count). The number of piperidine rings is 1. The standard InChI is InChI=1S/C27H43N5/c28-25-10-6-7-11-26(25)30-27(32-19-22-17-29-18-23(22)20-32)16-21-12-14-31(15-13-21)24-8-4-2-1-3-5-9-24/h6-7,10-11,21-24,29H,1-5,8-9,12-20,28H2. The van der Waals surface area contributed by atoms with Crippen molar-refractivity contribution in [1.82, 2.24) is 15.1 Å². The lowest BCUT2D eigenvalue weighted by atomic mass is 9.89. The van der Waals surface area contributed by atoms with Crippen LogP contribution in [0.1, 0.15) is 64.2 Å². The predicted molar refractivity (Wildman–Crippen MR) is 134 cm³/mol. The van der Waals surface area contributed by atoms with E-state index in [0.717, 1.165) is 54.7 Å². The molecule has 1 aliphatic carbocycles. The first-order chi connectivity index (χ1) is 15.8. The number of aliphatic imine (C=N–C) groups is 1. The Morgan fingerprint density at radius 3 is 2.25 bits per heavy atom. The topological polar surface area (TPSA) is 56.9 Å². The monoisotopic (exact) mass is 437 g/mol. The Balaban J connectivity index is 1.23. The van der Waals surface area contributed by atoms with Gasteiger partial charge in [0.05, 0.1) is 11.4 Å². The molecule has 176 valence electrons.